The molecule has 1 aliphatic heterocycles. The Balaban J connectivity index is 1.28. The molecule has 1 aliphatic carbocycles. The standard InChI is InChI=1S/C19H23N5O/c1-14-20-8-7-18(21-14)23-9-11-24(12-10-23)19(25)22-17-13-16(17)15-5-3-2-4-6-15/h2-8,16-17H,9-13H2,1H3,(H,22,25)/t16-,17-/m1/s1. The molecule has 6 nitrogen and oxygen atoms in total. The summed E-state index contributed by atoms with van der Waals surface area (Å²) in [5, 5.41) is 3.18. The van der Waals surface area contributed by atoms with Gasteiger partial charge in [-0.3, -0.25) is 0 Å². The minimum absolute atomic E-state index is 0.0574. The molecule has 130 valence electrons. The molecule has 2 aromatic rings. The van der Waals surface area contributed by atoms with Gasteiger partial charge in [0.15, 0.2) is 0 Å². The molecule has 0 spiro atoms. The fourth-order valence-electron chi connectivity index (χ4n) is 3.43. The highest BCUT2D eigenvalue weighted by molar-refractivity contribution is 5.75. The van der Waals surface area contributed by atoms with Crippen molar-refractivity contribution in [3.8, 4) is 0 Å². The van der Waals surface area contributed by atoms with Crippen LogP contribution in [0.15, 0.2) is 42.6 Å². The van der Waals surface area contributed by atoms with Crippen molar-refractivity contribution in [1.29, 1.82) is 0 Å². The molecule has 1 saturated carbocycles. The van der Waals surface area contributed by atoms with Gasteiger partial charge in [-0.25, -0.2) is 14.8 Å². The number of rotatable bonds is 3. The molecule has 6 heteroatoms. The number of carbonyl (C=O) groups excluding carboxylic acids is 1. The van der Waals surface area contributed by atoms with Crippen LogP contribution in [-0.4, -0.2) is 53.1 Å². The quantitative estimate of drug-likeness (QED) is 0.932. The fourth-order valence-corrected chi connectivity index (χ4v) is 3.43. The van der Waals surface area contributed by atoms with Crippen molar-refractivity contribution in [1.82, 2.24) is 20.2 Å². The van der Waals surface area contributed by atoms with Crippen LogP contribution in [0.25, 0.3) is 0 Å². The van der Waals surface area contributed by atoms with Gasteiger partial charge in [0.2, 0.25) is 0 Å². The second kappa shape index (κ2) is 6.70. The molecule has 0 radical (unpaired) electrons. The van der Waals surface area contributed by atoms with Crippen LogP contribution in [0, 0.1) is 6.92 Å². The zero-order valence-electron chi connectivity index (χ0n) is 14.4. The molecule has 1 N–H and O–H groups in total. The van der Waals surface area contributed by atoms with E-state index in [1.165, 1.54) is 5.56 Å². The number of nitrogens with zero attached hydrogens (tertiary/aromatic N) is 4. The summed E-state index contributed by atoms with van der Waals surface area (Å²) in [6.45, 7) is 4.94. The number of aromatic nitrogens is 2. The SMILES string of the molecule is Cc1nccc(N2CCN(C(=O)N[C@@H]3C[C@@H]3c3ccccc3)CC2)n1. The average molecular weight is 337 g/mol. The molecule has 4 rings (SSSR count). The van der Waals surface area contributed by atoms with Gasteiger partial charge in [0.05, 0.1) is 0 Å². The lowest BCUT2D eigenvalue weighted by Crippen LogP contribution is -2.52. The Hall–Kier alpha value is -2.63. The number of anilines is 1. The summed E-state index contributed by atoms with van der Waals surface area (Å²) in [5.74, 6) is 2.19. The molecular weight excluding hydrogens is 314 g/mol. The normalized spacial score (nSPS) is 22.6. The van der Waals surface area contributed by atoms with Crippen LogP contribution >= 0.6 is 0 Å². The predicted molar refractivity (Wildman–Crippen MR) is 96.7 cm³/mol. The molecule has 2 atom stereocenters. The highest BCUT2D eigenvalue weighted by atomic mass is 16.2. The van der Waals surface area contributed by atoms with Gasteiger partial charge in [0.1, 0.15) is 11.6 Å². The highest BCUT2D eigenvalue weighted by Gasteiger charge is 2.40. The number of amides is 2. The molecule has 25 heavy (non-hydrogen) atoms. The van der Waals surface area contributed by atoms with Gasteiger partial charge < -0.3 is 15.1 Å². The Morgan fingerprint density at radius 1 is 1.12 bits per heavy atom. The molecular formula is C19H23N5O. The summed E-state index contributed by atoms with van der Waals surface area (Å²) in [6, 6.07) is 12.7. The first-order valence-electron chi connectivity index (χ1n) is 8.86. The summed E-state index contributed by atoms with van der Waals surface area (Å²) >= 11 is 0. The first-order valence-corrected chi connectivity index (χ1v) is 8.86. The van der Waals surface area contributed by atoms with E-state index in [1.54, 1.807) is 6.20 Å². The number of urea groups is 1. The summed E-state index contributed by atoms with van der Waals surface area (Å²) in [5.41, 5.74) is 1.32. The minimum atomic E-state index is 0.0574. The lowest BCUT2D eigenvalue weighted by Gasteiger charge is -2.35. The van der Waals surface area contributed by atoms with Crippen molar-refractivity contribution in [2.75, 3.05) is 31.1 Å². The Labute approximate surface area is 147 Å². The summed E-state index contributed by atoms with van der Waals surface area (Å²) < 4.78 is 0. The molecule has 2 amide bonds. The second-order valence-electron chi connectivity index (χ2n) is 6.75. The number of benzene rings is 1. The zero-order valence-corrected chi connectivity index (χ0v) is 14.4. The smallest absolute Gasteiger partial charge is 0.317 e. The molecule has 2 heterocycles. The van der Waals surface area contributed by atoms with Crippen LogP contribution in [0.2, 0.25) is 0 Å². The van der Waals surface area contributed by atoms with Gasteiger partial charge in [-0.05, 0) is 25.0 Å². The Bertz CT molecular complexity index is 742. The average Bonchev–Trinajstić information content (AvgIpc) is 3.42. The highest BCUT2D eigenvalue weighted by Crippen LogP contribution is 2.40. The molecule has 1 saturated heterocycles. The van der Waals surface area contributed by atoms with E-state index in [2.05, 4.69) is 44.5 Å². The van der Waals surface area contributed by atoms with E-state index in [9.17, 15) is 4.79 Å². The van der Waals surface area contributed by atoms with E-state index in [4.69, 9.17) is 0 Å². The summed E-state index contributed by atoms with van der Waals surface area (Å²) in [6.07, 6.45) is 2.82. The minimum Gasteiger partial charge on any atom is -0.353 e. The summed E-state index contributed by atoms with van der Waals surface area (Å²) in [4.78, 5) is 25.2. The lowest BCUT2D eigenvalue weighted by atomic mass is 10.1. The van der Waals surface area contributed by atoms with Gasteiger partial charge in [-0.15, -0.1) is 0 Å². The zero-order chi connectivity index (χ0) is 17.2. The van der Waals surface area contributed by atoms with Gasteiger partial charge in [-0.2, -0.15) is 0 Å². The Morgan fingerprint density at radius 2 is 1.88 bits per heavy atom. The molecule has 1 aromatic heterocycles. The van der Waals surface area contributed by atoms with Crippen molar-refractivity contribution in [2.45, 2.75) is 25.3 Å². The van der Waals surface area contributed by atoms with E-state index in [-0.39, 0.29) is 12.1 Å². The van der Waals surface area contributed by atoms with Crippen LogP contribution < -0.4 is 10.2 Å². The van der Waals surface area contributed by atoms with E-state index in [0.717, 1.165) is 44.2 Å². The first-order chi connectivity index (χ1) is 12.2. The summed E-state index contributed by atoms with van der Waals surface area (Å²) in [7, 11) is 0. The third-order valence-electron chi connectivity index (χ3n) is 4.98. The maximum atomic E-state index is 12.5. The molecule has 2 aliphatic rings. The van der Waals surface area contributed by atoms with Crippen molar-refractivity contribution in [3.05, 3.63) is 54.0 Å². The van der Waals surface area contributed by atoms with Crippen LogP contribution in [0.4, 0.5) is 10.6 Å². The Morgan fingerprint density at radius 3 is 2.60 bits per heavy atom. The van der Waals surface area contributed by atoms with Crippen LogP contribution in [-0.2, 0) is 0 Å². The van der Waals surface area contributed by atoms with Crippen molar-refractivity contribution >= 4 is 11.8 Å². The van der Waals surface area contributed by atoms with Gasteiger partial charge >= 0.3 is 6.03 Å². The van der Waals surface area contributed by atoms with E-state index >= 15 is 0 Å². The number of nitrogens with one attached hydrogen (secondary N) is 1. The first kappa shape index (κ1) is 15.9. The molecule has 0 unspecified atom stereocenters. The molecule has 0 bridgehead atoms. The third-order valence-corrected chi connectivity index (χ3v) is 4.98. The number of hydrogen-bond donors (Lipinski definition) is 1. The maximum Gasteiger partial charge on any atom is 0.317 e. The van der Waals surface area contributed by atoms with Crippen LogP contribution in [0.3, 0.4) is 0 Å². The number of carbonyl (C=O) groups is 1. The largest absolute Gasteiger partial charge is 0.353 e. The van der Waals surface area contributed by atoms with Crippen molar-refractivity contribution in [2.24, 2.45) is 0 Å². The third kappa shape index (κ3) is 3.57. The van der Waals surface area contributed by atoms with Gasteiger partial charge in [0.25, 0.3) is 0 Å². The van der Waals surface area contributed by atoms with Gasteiger partial charge in [0, 0.05) is 44.3 Å². The second-order valence-corrected chi connectivity index (χ2v) is 6.75. The van der Waals surface area contributed by atoms with E-state index in [0.29, 0.717) is 5.92 Å². The number of piperazine rings is 1. The number of hydrogen-bond acceptors (Lipinski definition) is 4. The van der Waals surface area contributed by atoms with Crippen LogP contribution in [0.5, 0.6) is 0 Å². The van der Waals surface area contributed by atoms with Gasteiger partial charge in [-0.1, -0.05) is 30.3 Å². The molecule has 2 fully saturated rings. The monoisotopic (exact) mass is 337 g/mol. The van der Waals surface area contributed by atoms with Crippen molar-refractivity contribution < 1.29 is 4.79 Å². The van der Waals surface area contributed by atoms with E-state index < -0.39 is 0 Å². The predicted octanol–water partition coefficient (Wildman–Crippen LogP) is 2.17. The topological polar surface area (TPSA) is 61.4 Å². The Kier molecular flexibility index (Phi) is 4.26. The molecule has 1 aromatic carbocycles. The maximum absolute atomic E-state index is 12.5. The van der Waals surface area contributed by atoms with Crippen molar-refractivity contribution in [3.63, 3.8) is 0 Å². The van der Waals surface area contributed by atoms with Crippen LogP contribution in [0.1, 0.15) is 23.7 Å². The van der Waals surface area contributed by atoms with E-state index in [1.807, 2.05) is 24.0 Å². The lowest BCUT2D eigenvalue weighted by molar-refractivity contribution is 0.193. The fraction of sp³-hybridized carbons (Fsp3) is 0.421. The number of aryl methyl sites for hydroxylation is 1.